The molecule has 0 radical (unpaired) electrons. The number of piperidine rings is 1. The summed E-state index contributed by atoms with van der Waals surface area (Å²) in [7, 11) is -3.95. The lowest BCUT2D eigenvalue weighted by Gasteiger charge is -2.39. The summed E-state index contributed by atoms with van der Waals surface area (Å²) in [6.45, 7) is 1.77. The van der Waals surface area contributed by atoms with E-state index in [1.165, 1.54) is 36.4 Å². The third-order valence-corrected chi connectivity index (χ3v) is 11.5. The van der Waals surface area contributed by atoms with Crippen LogP contribution < -0.4 is 15.2 Å². The fraction of sp³-hybridized carbons (Fsp3) is 0.457. The SMILES string of the molecule is N[C@H]1CCN(C(=O)[C@@H]2C[C@@H](Oc3ccc(-c4ccc(Cl)cc4)cc3)CCN2S(=O)(=O)c2ccc(OCC3CCCCC3)cc2)C1. The number of carbonyl (C=O) groups is 1. The molecule has 3 aromatic rings. The van der Waals surface area contributed by atoms with Gasteiger partial charge < -0.3 is 20.1 Å². The van der Waals surface area contributed by atoms with E-state index in [1.54, 1.807) is 29.2 Å². The Morgan fingerprint density at radius 3 is 2.11 bits per heavy atom. The van der Waals surface area contributed by atoms with Crippen molar-refractivity contribution in [2.24, 2.45) is 11.7 Å². The molecule has 2 heterocycles. The van der Waals surface area contributed by atoms with Gasteiger partial charge in [0.25, 0.3) is 0 Å². The molecule has 3 aliphatic rings. The van der Waals surface area contributed by atoms with E-state index in [0.717, 1.165) is 11.1 Å². The van der Waals surface area contributed by atoms with Gasteiger partial charge >= 0.3 is 0 Å². The van der Waals surface area contributed by atoms with Crippen LogP contribution in [0.3, 0.4) is 0 Å². The van der Waals surface area contributed by atoms with Crippen LogP contribution in [0.1, 0.15) is 51.4 Å². The number of sulfonamides is 1. The molecule has 2 N–H and O–H groups in total. The smallest absolute Gasteiger partial charge is 0.243 e. The summed E-state index contributed by atoms with van der Waals surface area (Å²) in [6.07, 6.45) is 7.23. The van der Waals surface area contributed by atoms with Crippen molar-refractivity contribution in [2.45, 2.75) is 74.4 Å². The van der Waals surface area contributed by atoms with Crippen LogP contribution in [0, 0.1) is 5.92 Å². The van der Waals surface area contributed by atoms with Crippen molar-refractivity contribution in [3.05, 3.63) is 77.8 Å². The van der Waals surface area contributed by atoms with Gasteiger partial charge in [0.05, 0.1) is 11.5 Å². The molecular formula is C35H42ClN3O5S. The van der Waals surface area contributed by atoms with Gasteiger partial charge in [-0.15, -0.1) is 0 Å². The number of amides is 1. The average molecular weight is 652 g/mol. The molecule has 3 aromatic carbocycles. The van der Waals surface area contributed by atoms with E-state index >= 15 is 0 Å². The van der Waals surface area contributed by atoms with Gasteiger partial charge in [-0.05, 0) is 91.3 Å². The van der Waals surface area contributed by atoms with E-state index in [1.807, 2.05) is 48.5 Å². The molecule has 10 heteroatoms. The van der Waals surface area contributed by atoms with Gasteiger partial charge in [0.1, 0.15) is 23.6 Å². The van der Waals surface area contributed by atoms with Crippen LogP contribution in [0.4, 0.5) is 0 Å². The van der Waals surface area contributed by atoms with Crippen molar-refractivity contribution in [3.8, 4) is 22.6 Å². The zero-order valence-corrected chi connectivity index (χ0v) is 27.1. The lowest BCUT2D eigenvalue weighted by Crippen LogP contribution is -2.56. The summed E-state index contributed by atoms with van der Waals surface area (Å²) in [5, 5.41) is 0.683. The van der Waals surface area contributed by atoms with Gasteiger partial charge in [-0.2, -0.15) is 4.31 Å². The zero-order valence-electron chi connectivity index (χ0n) is 25.5. The van der Waals surface area contributed by atoms with Crippen molar-refractivity contribution in [3.63, 3.8) is 0 Å². The molecular weight excluding hydrogens is 610 g/mol. The molecule has 0 bridgehead atoms. The fourth-order valence-corrected chi connectivity index (χ4v) is 8.43. The van der Waals surface area contributed by atoms with E-state index in [0.29, 0.717) is 55.0 Å². The van der Waals surface area contributed by atoms with Crippen molar-refractivity contribution in [2.75, 3.05) is 26.2 Å². The normalized spacial score (nSPS) is 23.2. The highest BCUT2D eigenvalue weighted by Crippen LogP contribution is 2.32. The number of likely N-dealkylation sites (tertiary alicyclic amines) is 1. The van der Waals surface area contributed by atoms with Crippen molar-refractivity contribution in [1.82, 2.24) is 9.21 Å². The summed E-state index contributed by atoms with van der Waals surface area (Å²) < 4.78 is 41.7. The lowest BCUT2D eigenvalue weighted by molar-refractivity contribution is -0.136. The van der Waals surface area contributed by atoms with E-state index in [4.69, 9.17) is 26.8 Å². The molecule has 45 heavy (non-hydrogen) atoms. The molecule has 2 saturated heterocycles. The maximum absolute atomic E-state index is 14.0. The molecule has 1 aliphatic carbocycles. The summed E-state index contributed by atoms with van der Waals surface area (Å²) in [6, 6.07) is 21.0. The Kier molecular flexibility index (Phi) is 9.99. The second kappa shape index (κ2) is 14.1. The Morgan fingerprint density at radius 2 is 1.47 bits per heavy atom. The second-order valence-corrected chi connectivity index (χ2v) is 14.9. The largest absolute Gasteiger partial charge is 0.493 e. The highest BCUT2D eigenvalue weighted by atomic mass is 35.5. The number of nitrogens with two attached hydrogens (primary N) is 1. The fourth-order valence-electron chi connectivity index (χ4n) is 6.70. The molecule has 1 amide bonds. The Bertz CT molecular complexity index is 1540. The number of hydrogen-bond donors (Lipinski definition) is 1. The van der Waals surface area contributed by atoms with Gasteiger partial charge in [-0.1, -0.05) is 55.1 Å². The maximum Gasteiger partial charge on any atom is 0.243 e. The molecule has 8 nitrogen and oxygen atoms in total. The van der Waals surface area contributed by atoms with Gasteiger partial charge in [0.15, 0.2) is 0 Å². The number of halogens is 1. The summed E-state index contributed by atoms with van der Waals surface area (Å²) >= 11 is 6.03. The van der Waals surface area contributed by atoms with E-state index in [2.05, 4.69) is 0 Å². The van der Waals surface area contributed by atoms with Crippen LogP contribution in [0.25, 0.3) is 11.1 Å². The molecule has 3 atom stereocenters. The first-order valence-electron chi connectivity index (χ1n) is 16.1. The number of rotatable bonds is 9. The van der Waals surface area contributed by atoms with Gasteiger partial charge in [-0.25, -0.2) is 8.42 Å². The Balaban J connectivity index is 1.15. The number of ether oxygens (including phenoxy) is 2. The number of benzene rings is 3. The highest BCUT2D eigenvalue weighted by Gasteiger charge is 2.44. The first kappa shape index (κ1) is 31.9. The molecule has 240 valence electrons. The quantitative estimate of drug-likeness (QED) is 0.299. The van der Waals surface area contributed by atoms with Crippen LogP contribution >= 0.6 is 11.6 Å². The molecule has 6 rings (SSSR count). The minimum atomic E-state index is -3.95. The summed E-state index contributed by atoms with van der Waals surface area (Å²) in [5.74, 6) is 1.67. The van der Waals surface area contributed by atoms with E-state index in [-0.39, 0.29) is 35.9 Å². The molecule has 0 spiro atoms. The molecule has 3 fully saturated rings. The van der Waals surface area contributed by atoms with Crippen molar-refractivity contribution in [1.29, 1.82) is 0 Å². The molecule has 1 saturated carbocycles. The monoisotopic (exact) mass is 651 g/mol. The van der Waals surface area contributed by atoms with Crippen LogP contribution in [0.5, 0.6) is 11.5 Å². The molecule has 0 unspecified atom stereocenters. The molecule has 2 aliphatic heterocycles. The minimum Gasteiger partial charge on any atom is -0.493 e. The maximum atomic E-state index is 14.0. The Hall–Kier alpha value is -3.11. The lowest BCUT2D eigenvalue weighted by atomic mass is 9.90. The van der Waals surface area contributed by atoms with Crippen LogP contribution in [-0.2, 0) is 14.8 Å². The predicted molar refractivity (Wildman–Crippen MR) is 176 cm³/mol. The average Bonchev–Trinajstić information content (AvgIpc) is 3.51. The van der Waals surface area contributed by atoms with Crippen molar-refractivity contribution < 1.29 is 22.7 Å². The Morgan fingerprint density at radius 1 is 0.822 bits per heavy atom. The first-order chi connectivity index (χ1) is 21.8. The standard InChI is InChI=1S/C35H42ClN3O5S/c36-28-10-6-26(7-11-28)27-8-12-31(13-9-27)44-32-19-21-39(34(22-32)35(40)38-20-18-29(37)23-38)45(41,42)33-16-14-30(15-17-33)43-24-25-4-2-1-3-5-25/h6-17,25,29,32,34H,1-5,18-24,37H2/t29-,32-,34-/m0/s1. The van der Waals surface area contributed by atoms with E-state index < -0.39 is 16.1 Å². The van der Waals surface area contributed by atoms with Crippen LogP contribution in [-0.4, -0.2) is 68.0 Å². The summed E-state index contributed by atoms with van der Waals surface area (Å²) in [5.41, 5.74) is 8.19. The van der Waals surface area contributed by atoms with Crippen LogP contribution in [0.15, 0.2) is 77.7 Å². The summed E-state index contributed by atoms with van der Waals surface area (Å²) in [4.78, 5) is 15.7. The number of carbonyl (C=O) groups excluding carboxylic acids is 1. The zero-order chi connectivity index (χ0) is 31.4. The molecule has 0 aromatic heterocycles. The second-order valence-electron chi connectivity index (χ2n) is 12.5. The topological polar surface area (TPSA) is 102 Å². The van der Waals surface area contributed by atoms with Crippen LogP contribution in [0.2, 0.25) is 5.02 Å². The first-order valence-corrected chi connectivity index (χ1v) is 17.9. The number of hydrogen-bond acceptors (Lipinski definition) is 6. The Labute approximate surface area is 271 Å². The highest BCUT2D eigenvalue weighted by molar-refractivity contribution is 7.89. The van der Waals surface area contributed by atoms with Gasteiger partial charge in [-0.3, -0.25) is 4.79 Å². The minimum absolute atomic E-state index is 0.102. The third kappa shape index (κ3) is 7.65. The predicted octanol–water partition coefficient (Wildman–Crippen LogP) is 6.13. The van der Waals surface area contributed by atoms with E-state index in [9.17, 15) is 13.2 Å². The van der Waals surface area contributed by atoms with Gasteiger partial charge in [0, 0.05) is 37.1 Å². The third-order valence-electron chi connectivity index (χ3n) is 9.30. The van der Waals surface area contributed by atoms with Crippen molar-refractivity contribution >= 4 is 27.5 Å². The van der Waals surface area contributed by atoms with Gasteiger partial charge in [0.2, 0.25) is 15.9 Å². The number of nitrogens with zero attached hydrogens (tertiary/aromatic N) is 2.